The largest absolute Gasteiger partial charge is 0.361 e. The SMILES string of the molecule is Cc1c(Cl)cccc1Nc1ncnc(NC2CCCCC2)c1[N+](=O)[O-]. The van der Waals surface area contributed by atoms with Gasteiger partial charge < -0.3 is 10.6 Å². The van der Waals surface area contributed by atoms with E-state index in [1.165, 1.54) is 12.7 Å². The van der Waals surface area contributed by atoms with Crippen LogP contribution in [0.4, 0.5) is 23.0 Å². The van der Waals surface area contributed by atoms with Gasteiger partial charge in [0, 0.05) is 16.8 Å². The molecule has 3 rings (SSSR count). The van der Waals surface area contributed by atoms with Crippen molar-refractivity contribution in [2.45, 2.75) is 45.1 Å². The summed E-state index contributed by atoms with van der Waals surface area (Å²) in [5.74, 6) is 0.415. The van der Waals surface area contributed by atoms with Crippen LogP contribution < -0.4 is 10.6 Å². The van der Waals surface area contributed by atoms with Gasteiger partial charge in [0.15, 0.2) is 0 Å². The van der Waals surface area contributed by atoms with Gasteiger partial charge in [-0.3, -0.25) is 10.1 Å². The van der Waals surface area contributed by atoms with Gasteiger partial charge in [-0.25, -0.2) is 9.97 Å². The Kier molecular flexibility index (Phi) is 5.33. The summed E-state index contributed by atoms with van der Waals surface area (Å²) >= 11 is 6.12. The lowest BCUT2D eigenvalue weighted by Gasteiger charge is -2.23. The van der Waals surface area contributed by atoms with Gasteiger partial charge in [0.2, 0.25) is 11.6 Å². The van der Waals surface area contributed by atoms with Gasteiger partial charge in [0.1, 0.15) is 6.33 Å². The summed E-state index contributed by atoms with van der Waals surface area (Å²) in [5.41, 5.74) is 1.34. The highest BCUT2D eigenvalue weighted by Crippen LogP contribution is 2.34. The highest BCUT2D eigenvalue weighted by molar-refractivity contribution is 6.31. The summed E-state index contributed by atoms with van der Waals surface area (Å²) < 4.78 is 0. The second-order valence-corrected chi connectivity index (χ2v) is 6.60. The number of rotatable bonds is 5. The molecule has 2 aromatic rings. The zero-order valence-electron chi connectivity index (χ0n) is 14.0. The fraction of sp³-hybridized carbons (Fsp3) is 0.412. The first-order chi connectivity index (χ1) is 12.1. The van der Waals surface area contributed by atoms with Gasteiger partial charge in [-0.1, -0.05) is 36.9 Å². The van der Waals surface area contributed by atoms with Crippen LogP contribution in [0.3, 0.4) is 0 Å². The molecule has 0 bridgehead atoms. The van der Waals surface area contributed by atoms with Crippen LogP contribution in [0.2, 0.25) is 5.02 Å². The van der Waals surface area contributed by atoms with E-state index in [1.807, 2.05) is 6.92 Å². The predicted molar refractivity (Wildman–Crippen MR) is 98.7 cm³/mol. The zero-order chi connectivity index (χ0) is 17.8. The van der Waals surface area contributed by atoms with E-state index in [0.29, 0.717) is 10.7 Å². The Bertz CT molecular complexity index is 778. The van der Waals surface area contributed by atoms with Gasteiger partial charge in [-0.05, 0) is 37.5 Å². The minimum Gasteiger partial charge on any atom is -0.361 e. The Balaban J connectivity index is 1.92. The molecule has 0 spiro atoms. The van der Waals surface area contributed by atoms with Crippen molar-refractivity contribution < 1.29 is 4.92 Å². The van der Waals surface area contributed by atoms with Gasteiger partial charge >= 0.3 is 5.69 Å². The van der Waals surface area contributed by atoms with Crippen molar-refractivity contribution in [3.63, 3.8) is 0 Å². The summed E-state index contributed by atoms with van der Waals surface area (Å²) in [5, 5.41) is 18.5. The summed E-state index contributed by atoms with van der Waals surface area (Å²) in [4.78, 5) is 19.4. The molecule has 0 atom stereocenters. The minimum atomic E-state index is -0.451. The van der Waals surface area contributed by atoms with E-state index in [2.05, 4.69) is 20.6 Å². The lowest BCUT2D eigenvalue weighted by molar-refractivity contribution is -0.383. The maximum absolute atomic E-state index is 11.6. The van der Waals surface area contributed by atoms with Gasteiger partial charge in [-0.15, -0.1) is 0 Å². The zero-order valence-corrected chi connectivity index (χ0v) is 14.7. The number of benzene rings is 1. The van der Waals surface area contributed by atoms with E-state index in [9.17, 15) is 10.1 Å². The summed E-state index contributed by atoms with van der Waals surface area (Å²) in [6.45, 7) is 1.85. The van der Waals surface area contributed by atoms with Crippen molar-refractivity contribution in [3.05, 3.63) is 45.2 Å². The number of nitro groups is 1. The highest BCUT2D eigenvalue weighted by Gasteiger charge is 2.26. The first-order valence-corrected chi connectivity index (χ1v) is 8.72. The van der Waals surface area contributed by atoms with E-state index in [1.54, 1.807) is 18.2 Å². The Hall–Kier alpha value is -2.41. The topological polar surface area (TPSA) is 93.0 Å². The highest BCUT2D eigenvalue weighted by atomic mass is 35.5. The van der Waals surface area contributed by atoms with Crippen LogP contribution in [0.25, 0.3) is 0 Å². The van der Waals surface area contributed by atoms with Crippen LogP contribution in [0.15, 0.2) is 24.5 Å². The Morgan fingerprint density at radius 1 is 1.20 bits per heavy atom. The third kappa shape index (κ3) is 3.99. The molecule has 132 valence electrons. The number of nitrogens with zero attached hydrogens (tertiary/aromatic N) is 3. The smallest absolute Gasteiger partial charge is 0.353 e. The fourth-order valence-corrected chi connectivity index (χ4v) is 3.23. The average Bonchev–Trinajstić information content (AvgIpc) is 2.60. The predicted octanol–water partition coefficient (Wildman–Crippen LogP) is 4.83. The molecule has 1 aliphatic rings. The van der Waals surface area contributed by atoms with Crippen LogP contribution in [0.1, 0.15) is 37.7 Å². The van der Waals surface area contributed by atoms with Crippen LogP contribution in [0.5, 0.6) is 0 Å². The lowest BCUT2D eigenvalue weighted by Crippen LogP contribution is -2.23. The first kappa shape index (κ1) is 17.4. The van der Waals surface area contributed by atoms with Crippen LogP contribution in [0, 0.1) is 17.0 Å². The van der Waals surface area contributed by atoms with Crippen molar-refractivity contribution in [2.75, 3.05) is 10.6 Å². The maximum Gasteiger partial charge on any atom is 0.353 e. The maximum atomic E-state index is 11.6. The number of hydrogen-bond acceptors (Lipinski definition) is 6. The molecule has 0 aliphatic heterocycles. The lowest BCUT2D eigenvalue weighted by atomic mass is 9.95. The molecule has 1 saturated carbocycles. The number of anilines is 3. The molecule has 7 nitrogen and oxygen atoms in total. The van der Waals surface area contributed by atoms with E-state index in [0.717, 1.165) is 31.2 Å². The fourth-order valence-electron chi connectivity index (χ4n) is 3.06. The van der Waals surface area contributed by atoms with E-state index >= 15 is 0 Å². The van der Waals surface area contributed by atoms with Crippen LogP contribution in [-0.4, -0.2) is 20.9 Å². The molecule has 1 fully saturated rings. The van der Waals surface area contributed by atoms with Crippen molar-refractivity contribution in [1.82, 2.24) is 9.97 Å². The van der Waals surface area contributed by atoms with Crippen molar-refractivity contribution >= 4 is 34.6 Å². The third-order valence-corrected chi connectivity index (χ3v) is 4.88. The van der Waals surface area contributed by atoms with Gasteiger partial charge in [0.25, 0.3) is 0 Å². The monoisotopic (exact) mass is 361 g/mol. The molecular formula is C17H20ClN5O2. The van der Waals surface area contributed by atoms with E-state index in [4.69, 9.17) is 11.6 Å². The standard InChI is InChI=1S/C17H20ClN5O2/c1-11-13(18)8-5-9-14(11)22-17-15(23(24)25)16(19-10-20-17)21-12-6-3-2-4-7-12/h5,8-10,12H,2-4,6-7H2,1H3,(H2,19,20,21,22). The van der Waals surface area contributed by atoms with Gasteiger partial charge in [0.05, 0.1) is 4.92 Å². The molecule has 25 heavy (non-hydrogen) atoms. The number of nitrogens with one attached hydrogen (secondary N) is 2. The second kappa shape index (κ2) is 7.65. The first-order valence-electron chi connectivity index (χ1n) is 8.34. The molecule has 0 radical (unpaired) electrons. The average molecular weight is 362 g/mol. The molecule has 0 unspecified atom stereocenters. The summed E-state index contributed by atoms with van der Waals surface area (Å²) in [7, 11) is 0. The molecule has 1 heterocycles. The quantitative estimate of drug-likeness (QED) is 0.585. The molecule has 8 heteroatoms. The number of aromatic nitrogens is 2. The van der Waals surface area contributed by atoms with E-state index in [-0.39, 0.29) is 23.4 Å². The Labute approximate surface area is 151 Å². The summed E-state index contributed by atoms with van der Waals surface area (Å²) in [6, 6.07) is 5.57. The molecule has 1 aromatic carbocycles. The summed E-state index contributed by atoms with van der Waals surface area (Å²) in [6.07, 6.45) is 6.80. The van der Waals surface area contributed by atoms with Crippen molar-refractivity contribution in [2.24, 2.45) is 0 Å². The van der Waals surface area contributed by atoms with Crippen molar-refractivity contribution in [3.8, 4) is 0 Å². The normalized spacial score (nSPS) is 15.0. The molecular weight excluding hydrogens is 342 g/mol. The second-order valence-electron chi connectivity index (χ2n) is 6.19. The van der Waals surface area contributed by atoms with Crippen molar-refractivity contribution in [1.29, 1.82) is 0 Å². The number of hydrogen-bond donors (Lipinski definition) is 2. The van der Waals surface area contributed by atoms with E-state index < -0.39 is 4.92 Å². The van der Waals surface area contributed by atoms with Gasteiger partial charge in [-0.2, -0.15) is 0 Å². The Morgan fingerprint density at radius 2 is 1.92 bits per heavy atom. The number of halogens is 1. The van der Waals surface area contributed by atoms with Crippen LogP contribution >= 0.6 is 11.6 Å². The molecule has 1 aromatic heterocycles. The molecule has 0 amide bonds. The molecule has 2 N–H and O–H groups in total. The Morgan fingerprint density at radius 3 is 2.64 bits per heavy atom. The minimum absolute atomic E-state index is 0.146. The molecule has 1 aliphatic carbocycles. The third-order valence-electron chi connectivity index (χ3n) is 4.47. The molecule has 0 saturated heterocycles. The van der Waals surface area contributed by atoms with Crippen LogP contribution in [-0.2, 0) is 0 Å².